The molecular formula is C23H32N2O3. The largest absolute Gasteiger partial charge is 0.490 e. The van der Waals surface area contributed by atoms with E-state index in [1.165, 1.54) is 6.42 Å². The molecule has 0 saturated heterocycles. The van der Waals surface area contributed by atoms with Gasteiger partial charge in [-0.15, -0.1) is 0 Å². The number of nitrogens with one attached hydrogen (secondary N) is 1. The summed E-state index contributed by atoms with van der Waals surface area (Å²) >= 11 is 0. The third-order valence-electron chi connectivity index (χ3n) is 4.94. The molecule has 0 aliphatic heterocycles. The first-order valence-corrected chi connectivity index (χ1v) is 10.3. The Morgan fingerprint density at radius 1 is 1.29 bits per heavy atom. The van der Waals surface area contributed by atoms with Crippen LogP contribution in [0.15, 0.2) is 23.8 Å². The molecule has 5 heteroatoms. The van der Waals surface area contributed by atoms with Gasteiger partial charge in [-0.1, -0.05) is 39.7 Å². The summed E-state index contributed by atoms with van der Waals surface area (Å²) in [6.45, 7) is 9.35. The average Bonchev–Trinajstić information content (AvgIpc) is 2.67. The highest BCUT2D eigenvalue weighted by Crippen LogP contribution is 2.30. The van der Waals surface area contributed by atoms with Crippen LogP contribution in [0.2, 0.25) is 0 Å². The van der Waals surface area contributed by atoms with Crippen LogP contribution in [0.4, 0.5) is 0 Å². The van der Waals surface area contributed by atoms with Crippen LogP contribution in [-0.2, 0) is 4.79 Å². The van der Waals surface area contributed by atoms with Gasteiger partial charge in [0.05, 0.1) is 13.2 Å². The Hall–Kier alpha value is -2.48. The molecule has 1 fully saturated rings. The maximum Gasteiger partial charge on any atom is 0.262 e. The van der Waals surface area contributed by atoms with Crippen molar-refractivity contribution in [1.29, 1.82) is 5.26 Å². The van der Waals surface area contributed by atoms with Crippen LogP contribution in [0.3, 0.4) is 0 Å². The first-order chi connectivity index (χ1) is 13.4. The molecule has 1 aliphatic rings. The summed E-state index contributed by atoms with van der Waals surface area (Å²) in [6, 6.07) is 7.66. The van der Waals surface area contributed by atoms with E-state index >= 15 is 0 Å². The zero-order valence-corrected chi connectivity index (χ0v) is 17.5. The Balaban J connectivity index is 2.16. The van der Waals surface area contributed by atoms with Crippen molar-refractivity contribution < 1.29 is 14.3 Å². The van der Waals surface area contributed by atoms with E-state index in [0.29, 0.717) is 36.5 Å². The molecule has 0 bridgehead atoms. The third-order valence-corrected chi connectivity index (χ3v) is 4.94. The summed E-state index contributed by atoms with van der Waals surface area (Å²) in [7, 11) is 0. The van der Waals surface area contributed by atoms with E-state index in [2.05, 4.69) is 26.1 Å². The predicted octanol–water partition coefficient (Wildman–Crippen LogP) is 4.72. The standard InChI is InChI=1S/C23H32N2O3/c1-5-27-22-13-18(10-11-21(22)28-15-16(2)3)12-19(14-24)23(26)25-20-9-7-6-8-17(20)4/h10-13,16-17,20H,5-9,15H2,1-4H3,(H,25,26). The maximum atomic E-state index is 12.6. The molecule has 5 nitrogen and oxygen atoms in total. The summed E-state index contributed by atoms with van der Waals surface area (Å²) in [5, 5.41) is 12.5. The van der Waals surface area contributed by atoms with E-state index < -0.39 is 0 Å². The van der Waals surface area contributed by atoms with Crippen molar-refractivity contribution in [2.24, 2.45) is 11.8 Å². The number of carbonyl (C=O) groups is 1. The number of hydrogen-bond donors (Lipinski definition) is 1. The summed E-state index contributed by atoms with van der Waals surface area (Å²) in [4.78, 5) is 12.6. The van der Waals surface area contributed by atoms with Crippen LogP contribution in [0.25, 0.3) is 6.08 Å². The monoisotopic (exact) mass is 384 g/mol. The van der Waals surface area contributed by atoms with Crippen molar-refractivity contribution in [3.05, 3.63) is 29.3 Å². The van der Waals surface area contributed by atoms with Crippen LogP contribution in [0.5, 0.6) is 11.5 Å². The van der Waals surface area contributed by atoms with Crippen molar-refractivity contribution in [2.75, 3.05) is 13.2 Å². The molecule has 0 heterocycles. The van der Waals surface area contributed by atoms with E-state index in [1.54, 1.807) is 6.08 Å². The van der Waals surface area contributed by atoms with Gasteiger partial charge in [-0.2, -0.15) is 5.26 Å². The normalized spacial score (nSPS) is 19.8. The van der Waals surface area contributed by atoms with Crippen LogP contribution >= 0.6 is 0 Å². The highest BCUT2D eigenvalue weighted by atomic mass is 16.5. The number of nitriles is 1. The molecule has 0 radical (unpaired) electrons. The lowest BCUT2D eigenvalue weighted by Gasteiger charge is -2.29. The van der Waals surface area contributed by atoms with E-state index in [0.717, 1.165) is 24.8 Å². The first-order valence-electron chi connectivity index (χ1n) is 10.3. The number of carbonyl (C=O) groups excluding carboxylic acids is 1. The molecule has 1 N–H and O–H groups in total. The van der Waals surface area contributed by atoms with Gasteiger partial charge in [0.15, 0.2) is 11.5 Å². The van der Waals surface area contributed by atoms with Crippen molar-refractivity contribution in [3.63, 3.8) is 0 Å². The Morgan fingerprint density at radius 2 is 2.04 bits per heavy atom. The Labute approximate surface area is 168 Å². The smallest absolute Gasteiger partial charge is 0.262 e. The summed E-state index contributed by atoms with van der Waals surface area (Å²) in [6.07, 6.45) is 6.03. The lowest BCUT2D eigenvalue weighted by Crippen LogP contribution is -2.41. The number of ether oxygens (including phenoxy) is 2. The van der Waals surface area contributed by atoms with E-state index in [1.807, 2.05) is 31.2 Å². The van der Waals surface area contributed by atoms with Gasteiger partial charge in [-0.05, 0) is 55.4 Å². The fraction of sp³-hybridized carbons (Fsp3) is 0.565. The van der Waals surface area contributed by atoms with Crippen LogP contribution in [0.1, 0.15) is 58.9 Å². The minimum Gasteiger partial charge on any atom is -0.490 e. The molecule has 1 aliphatic carbocycles. The van der Waals surface area contributed by atoms with Crippen molar-refractivity contribution in [3.8, 4) is 17.6 Å². The van der Waals surface area contributed by atoms with Gasteiger partial charge in [-0.25, -0.2) is 0 Å². The zero-order valence-electron chi connectivity index (χ0n) is 17.5. The SMILES string of the molecule is CCOc1cc(C=C(C#N)C(=O)NC2CCCCC2C)ccc1OCC(C)C. The van der Waals surface area contributed by atoms with Crippen LogP contribution in [0, 0.1) is 23.2 Å². The van der Waals surface area contributed by atoms with Gasteiger partial charge < -0.3 is 14.8 Å². The van der Waals surface area contributed by atoms with E-state index in [-0.39, 0.29) is 17.5 Å². The van der Waals surface area contributed by atoms with Gasteiger partial charge in [0.2, 0.25) is 0 Å². The summed E-state index contributed by atoms with van der Waals surface area (Å²) in [5.74, 6) is 1.84. The molecule has 28 heavy (non-hydrogen) atoms. The third kappa shape index (κ3) is 6.30. The highest BCUT2D eigenvalue weighted by molar-refractivity contribution is 6.01. The minimum absolute atomic E-state index is 0.107. The van der Waals surface area contributed by atoms with Gasteiger partial charge in [0.25, 0.3) is 5.91 Å². The van der Waals surface area contributed by atoms with E-state index in [9.17, 15) is 10.1 Å². The topological polar surface area (TPSA) is 71.3 Å². The molecule has 152 valence electrons. The minimum atomic E-state index is -0.306. The molecule has 0 spiro atoms. The average molecular weight is 385 g/mol. The molecule has 1 saturated carbocycles. The van der Waals surface area contributed by atoms with Gasteiger partial charge >= 0.3 is 0 Å². The molecule has 1 aromatic carbocycles. The molecule has 2 rings (SSSR count). The number of benzene rings is 1. The lowest BCUT2D eigenvalue weighted by molar-refractivity contribution is -0.118. The number of rotatable bonds is 8. The molecular weight excluding hydrogens is 352 g/mol. The fourth-order valence-electron chi connectivity index (χ4n) is 3.35. The fourth-order valence-corrected chi connectivity index (χ4v) is 3.35. The molecule has 1 amide bonds. The number of amides is 1. The first kappa shape index (κ1) is 21.8. The van der Waals surface area contributed by atoms with Crippen LogP contribution in [-0.4, -0.2) is 25.2 Å². The second-order valence-corrected chi connectivity index (χ2v) is 7.86. The second kappa shape index (κ2) is 10.8. The van der Waals surface area contributed by atoms with Crippen LogP contribution < -0.4 is 14.8 Å². The Bertz CT molecular complexity index is 734. The zero-order chi connectivity index (χ0) is 20.5. The molecule has 2 atom stereocenters. The Morgan fingerprint density at radius 3 is 2.68 bits per heavy atom. The van der Waals surface area contributed by atoms with Crippen molar-refractivity contribution in [2.45, 2.75) is 59.4 Å². The number of hydrogen-bond acceptors (Lipinski definition) is 4. The van der Waals surface area contributed by atoms with Gasteiger partial charge in [-0.3, -0.25) is 4.79 Å². The molecule has 2 unspecified atom stereocenters. The summed E-state index contributed by atoms with van der Waals surface area (Å²) < 4.78 is 11.5. The molecule has 0 aromatic heterocycles. The maximum absolute atomic E-state index is 12.6. The van der Waals surface area contributed by atoms with Gasteiger partial charge in [0.1, 0.15) is 11.6 Å². The van der Waals surface area contributed by atoms with E-state index in [4.69, 9.17) is 9.47 Å². The predicted molar refractivity (Wildman–Crippen MR) is 111 cm³/mol. The van der Waals surface area contributed by atoms with Gasteiger partial charge in [0, 0.05) is 6.04 Å². The van der Waals surface area contributed by atoms with Crippen molar-refractivity contribution >= 4 is 12.0 Å². The van der Waals surface area contributed by atoms with Crippen molar-refractivity contribution in [1.82, 2.24) is 5.32 Å². The number of nitrogens with zero attached hydrogens (tertiary/aromatic N) is 1. The molecule has 1 aromatic rings. The lowest BCUT2D eigenvalue weighted by atomic mass is 9.86. The highest BCUT2D eigenvalue weighted by Gasteiger charge is 2.24. The Kier molecular flexibility index (Phi) is 8.38. The quantitative estimate of drug-likeness (QED) is 0.520. The summed E-state index contributed by atoms with van der Waals surface area (Å²) in [5.41, 5.74) is 0.847. The second-order valence-electron chi connectivity index (χ2n) is 7.86.